The van der Waals surface area contributed by atoms with Crippen LogP contribution in [0.15, 0.2) is 18.2 Å². The van der Waals surface area contributed by atoms with E-state index in [1.807, 2.05) is 30.1 Å². The highest BCUT2D eigenvalue weighted by Gasteiger charge is 2.45. The van der Waals surface area contributed by atoms with Gasteiger partial charge in [0.15, 0.2) is 0 Å². The van der Waals surface area contributed by atoms with Crippen LogP contribution in [0.2, 0.25) is 0 Å². The van der Waals surface area contributed by atoms with E-state index >= 15 is 0 Å². The zero-order chi connectivity index (χ0) is 12.8. The quantitative estimate of drug-likeness (QED) is 0.844. The molecule has 2 aliphatic rings. The van der Waals surface area contributed by atoms with Crippen LogP contribution in [0.1, 0.15) is 18.4 Å². The summed E-state index contributed by atoms with van der Waals surface area (Å²) < 4.78 is 0. The number of anilines is 2. The SMILES string of the molecule is CNc1ccc2c(c1)CC(=O)N2CC1(CO)CC1. The molecule has 0 bridgehead atoms. The molecule has 1 heterocycles. The molecule has 3 rings (SSSR count). The summed E-state index contributed by atoms with van der Waals surface area (Å²) in [6, 6.07) is 6.02. The van der Waals surface area contributed by atoms with Gasteiger partial charge in [-0.3, -0.25) is 4.79 Å². The molecule has 1 aromatic rings. The topological polar surface area (TPSA) is 52.6 Å². The maximum atomic E-state index is 12.1. The van der Waals surface area contributed by atoms with Gasteiger partial charge in [0.05, 0.1) is 13.0 Å². The van der Waals surface area contributed by atoms with E-state index in [9.17, 15) is 9.90 Å². The van der Waals surface area contributed by atoms with E-state index < -0.39 is 0 Å². The van der Waals surface area contributed by atoms with E-state index in [4.69, 9.17) is 0 Å². The Morgan fingerprint density at radius 3 is 2.83 bits per heavy atom. The Kier molecular flexibility index (Phi) is 2.55. The highest BCUT2D eigenvalue weighted by Crippen LogP contribution is 2.47. The van der Waals surface area contributed by atoms with Gasteiger partial charge in [0.1, 0.15) is 0 Å². The van der Waals surface area contributed by atoms with Gasteiger partial charge in [0.25, 0.3) is 0 Å². The number of carbonyl (C=O) groups is 1. The van der Waals surface area contributed by atoms with Crippen LogP contribution in [0.3, 0.4) is 0 Å². The molecule has 1 aliphatic carbocycles. The Morgan fingerprint density at radius 1 is 1.44 bits per heavy atom. The lowest BCUT2D eigenvalue weighted by Crippen LogP contribution is -2.34. The maximum absolute atomic E-state index is 12.1. The van der Waals surface area contributed by atoms with Crippen LogP contribution in [0.25, 0.3) is 0 Å². The Bertz CT molecular complexity index is 495. The number of aliphatic hydroxyl groups is 1. The molecule has 1 aliphatic heterocycles. The summed E-state index contributed by atoms with van der Waals surface area (Å²) in [5, 5.41) is 12.5. The molecular formula is C14H18N2O2. The third-order valence-electron chi connectivity index (χ3n) is 4.09. The fraction of sp³-hybridized carbons (Fsp3) is 0.500. The molecule has 0 radical (unpaired) electrons. The number of benzene rings is 1. The second-order valence-electron chi connectivity index (χ2n) is 5.41. The molecule has 0 aromatic heterocycles. The van der Waals surface area contributed by atoms with Crippen LogP contribution < -0.4 is 10.2 Å². The van der Waals surface area contributed by atoms with E-state index in [-0.39, 0.29) is 17.9 Å². The number of amides is 1. The maximum Gasteiger partial charge on any atom is 0.231 e. The molecule has 2 N–H and O–H groups in total. The molecule has 18 heavy (non-hydrogen) atoms. The average molecular weight is 246 g/mol. The van der Waals surface area contributed by atoms with Gasteiger partial charge in [0.2, 0.25) is 5.91 Å². The van der Waals surface area contributed by atoms with Crippen LogP contribution in [-0.4, -0.2) is 31.2 Å². The lowest BCUT2D eigenvalue weighted by atomic mass is 10.1. The lowest BCUT2D eigenvalue weighted by Gasteiger charge is -2.23. The molecule has 1 saturated carbocycles. The normalized spacial score (nSPS) is 19.9. The highest BCUT2D eigenvalue weighted by molar-refractivity contribution is 6.01. The van der Waals surface area contributed by atoms with Crippen molar-refractivity contribution in [2.24, 2.45) is 5.41 Å². The van der Waals surface area contributed by atoms with Gasteiger partial charge in [-0.05, 0) is 36.6 Å². The predicted octanol–water partition coefficient (Wildman–Crippen LogP) is 1.39. The first-order chi connectivity index (χ1) is 8.67. The summed E-state index contributed by atoms with van der Waals surface area (Å²) in [6.07, 6.45) is 2.53. The lowest BCUT2D eigenvalue weighted by molar-refractivity contribution is -0.117. The molecule has 0 spiro atoms. The van der Waals surface area contributed by atoms with E-state index in [2.05, 4.69) is 5.32 Å². The van der Waals surface area contributed by atoms with Gasteiger partial charge in [-0.15, -0.1) is 0 Å². The van der Waals surface area contributed by atoms with Crippen LogP contribution in [0.4, 0.5) is 11.4 Å². The van der Waals surface area contributed by atoms with Gasteiger partial charge in [-0.2, -0.15) is 0 Å². The number of rotatable bonds is 4. The molecule has 0 atom stereocenters. The Labute approximate surface area is 107 Å². The number of carbonyl (C=O) groups excluding carboxylic acids is 1. The molecule has 1 amide bonds. The number of nitrogens with one attached hydrogen (secondary N) is 1. The minimum absolute atomic E-state index is 0.0288. The van der Waals surface area contributed by atoms with Crippen molar-refractivity contribution in [2.75, 3.05) is 30.4 Å². The first kappa shape index (κ1) is 11.5. The van der Waals surface area contributed by atoms with Crippen molar-refractivity contribution in [1.29, 1.82) is 0 Å². The number of nitrogens with zero attached hydrogens (tertiary/aromatic N) is 1. The average Bonchev–Trinajstić information content (AvgIpc) is 3.10. The van der Waals surface area contributed by atoms with Gasteiger partial charge < -0.3 is 15.3 Å². The molecular weight excluding hydrogens is 228 g/mol. The van der Waals surface area contributed by atoms with Crippen molar-refractivity contribution in [1.82, 2.24) is 0 Å². The van der Waals surface area contributed by atoms with E-state index in [0.29, 0.717) is 13.0 Å². The second-order valence-corrected chi connectivity index (χ2v) is 5.41. The summed E-state index contributed by atoms with van der Waals surface area (Å²) in [7, 11) is 1.88. The number of aliphatic hydroxyl groups excluding tert-OH is 1. The van der Waals surface area contributed by atoms with Crippen molar-refractivity contribution in [3.63, 3.8) is 0 Å². The molecule has 4 heteroatoms. The highest BCUT2D eigenvalue weighted by atomic mass is 16.3. The Balaban J connectivity index is 1.87. The zero-order valence-electron chi connectivity index (χ0n) is 10.6. The van der Waals surface area contributed by atoms with Gasteiger partial charge >= 0.3 is 0 Å². The van der Waals surface area contributed by atoms with E-state index in [0.717, 1.165) is 29.8 Å². The molecule has 1 fully saturated rings. The zero-order valence-corrected chi connectivity index (χ0v) is 10.6. The monoisotopic (exact) mass is 246 g/mol. The van der Waals surface area contributed by atoms with Crippen molar-refractivity contribution in [2.45, 2.75) is 19.3 Å². The minimum Gasteiger partial charge on any atom is -0.396 e. The van der Waals surface area contributed by atoms with Crippen molar-refractivity contribution < 1.29 is 9.90 Å². The van der Waals surface area contributed by atoms with E-state index in [1.54, 1.807) is 0 Å². The summed E-state index contributed by atoms with van der Waals surface area (Å²) in [5.41, 5.74) is 3.10. The summed E-state index contributed by atoms with van der Waals surface area (Å²) in [5.74, 6) is 0.151. The van der Waals surface area contributed by atoms with Gasteiger partial charge in [0, 0.05) is 30.4 Å². The standard InChI is InChI=1S/C14H18N2O2/c1-15-11-2-3-12-10(6-11)7-13(18)16(12)8-14(9-17)4-5-14/h2-3,6,15,17H,4-5,7-9H2,1H3. The van der Waals surface area contributed by atoms with Crippen molar-refractivity contribution in [3.05, 3.63) is 23.8 Å². The first-order valence-electron chi connectivity index (χ1n) is 6.39. The van der Waals surface area contributed by atoms with Crippen LogP contribution in [0, 0.1) is 5.41 Å². The largest absolute Gasteiger partial charge is 0.396 e. The number of hydrogen-bond donors (Lipinski definition) is 2. The summed E-state index contributed by atoms with van der Waals surface area (Å²) in [6.45, 7) is 0.842. The third kappa shape index (κ3) is 1.77. The van der Waals surface area contributed by atoms with Crippen molar-refractivity contribution in [3.8, 4) is 0 Å². The number of hydrogen-bond acceptors (Lipinski definition) is 3. The second kappa shape index (κ2) is 3.99. The molecule has 0 saturated heterocycles. The summed E-state index contributed by atoms with van der Waals surface area (Å²) in [4.78, 5) is 13.9. The van der Waals surface area contributed by atoms with E-state index in [1.165, 1.54) is 0 Å². The smallest absolute Gasteiger partial charge is 0.231 e. The van der Waals surface area contributed by atoms with Crippen LogP contribution in [-0.2, 0) is 11.2 Å². The van der Waals surface area contributed by atoms with Crippen LogP contribution in [0.5, 0.6) is 0 Å². The molecule has 1 aromatic carbocycles. The molecule has 4 nitrogen and oxygen atoms in total. The fourth-order valence-electron chi connectivity index (χ4n) is 2.59. The predicted molar refractivity (Wildman–Crippen MR) is 70.8 cm³/mol. The third-order valence-corrected chi connectivity index (χ3v) is 4.09. The Hall–Kier alpha value is -1.55. The van der Waals surface area contributed by atoms with Gasteiger partial charge in [-0.1, -0.05) is 0 Å². The first-order valence-corrected chi connectivity index (χ1v) is 6.39. The Morgan fingerprint density at radius 2 is 2.22 bits per heavy atom. The van der Waals surface area contributed by atoms with Crippen molar-refractivity contribution >= 4 is 17.3 Å². The fourth-order valence-corrected chi connectivity index (χ4v) is 2.59. The summed E-state index contributed by atoms with van der Waals surface area (Å²) >= 11 is 0. The molecule has 0 unspecified atom stereocenters. The van der Waals surface area contributed by atoms with Gasteiger partial charge in [-0.25, -0.2) is 0 Å². The minimum atomic E-state index is -0.0288. The number of fused-ring (bicyclic) bond motifs is 1. The van der Waals surface area contributed by atoms with Crippen LogP contribution >= 0.6 is 0 Å². The molecule has 96 valence electrons.